The van der Waals surface area contributed by atoms with Crippen LogP contribution >= 0.6 is 11.6 Å². The van der Waals surface area contributed by atoms with Crippen LogP contribution in [0.4, 0.5) is 5.82 Å². The molecular weight excluding hydrogens is 234 g/mol. The third-order valence-electron chi connectivity index (χ3n) is 2.58. The van der Waals surface area contributed by atoms with Gasteiger partial charge >= 0.3 is 0 Å². The van der Waals surface area contributed by atoms with E-state index in [-0.39, 0.29) is 5.41 Å². The summed E-state index contributed by atoms with van der Waals surface area (Å²) in [5, 5.41) is 3.88. The molecule has 1 aromatic rings. The molecule has 0 amide bonds. The third-order valence-corrected chi connectivity index (χ3v) is 2.95. The second-order valence-corrected chi connectivity index (χ2v) is 5.70. The normalized spacial score (nSPS) is 11.6. The summed E-state index contributed by atoms with van der Waals surface area (Å²) in [7, 11) is 0. The monoisotopic (exact) mass is 255 g/mol. The van der Waals surface area contributed by atoms with E-state index in [1.165, 1.54) is 0 Å². The van der Waals surface area contributed by atoms with Gasteiger partial charge in [0, 0.05) is 17.5 Å². The predicted octanol–water partition coefficient (Wildman–Crippen LogP) is 3.95. The molecule has 0 fully saturated rings. The van der Waals surface area contributed by atoms with Crippen LogP contribution in [0.3, 0.4) is 0 Å². The molecule has 0 bridgehead atoms. The van der Waals surface area contributed by atoms with Gasteiger partial charge in [-0.2, -0.15) is 0 Å². The Morgan fingerprint density at radius 1 is 1.24 bits per heavy atom. The number of unbranched alkanes of at least 4 members (excludes halogenated alkanes) is 1. The SMILES string of the molecule is CCCCNc1nc(C(C)(C)C)nc(Cl)c1C. The molecule has 0 radical (unpaired) electrons. The maximum absolute atomic E-state index is 6.15. The Kier molecular flexibility index (Phi) is 4.75. The summed E-state index contributed by atoms with van der Waals surface area (Å²) >= 11 is 6.15. The number of aromatic nitrogens is 2. The topological polar surface area (TPSA) is 37.8 Å². The molecule has 1 aromatic heterocycles. The molecule has 1 heterocycles. The van der Waals surface area contributed by atoms with E-state index < -0.39 is 0 Å². The zero-order valence-corrected chi connectivity index (χ0v) is 12.1. The molecule has 96 valence electrons. The smallest absolute Gasteiger partial charge is 0.137 e. The molecule has 0 aliphatic carbocycles. The number of hydrogen-bond acceptors (Lipinski definition) is 3. The number of hydrogen-bond donors (Lipinski definition) is 1. The van der Waals surface area contributed by atoms with Crippen molar-refractivity contribution in [3.8, 4) is 0 Å². The van der Waals surface area contributed by atoms with Gasteiger partial charge in [-0.15, -0.1) is 0 Å². The molecule has 0 aromatic carbocycles. The third kappa shape index (κ3) is 3.84. The van der Waals surface area contributed by atoms with E-state index in [1.54, 1.807) is 0 Å². The summed E-state index contributed by atoms with van der Waals surface area (Å²) in [6.45, 7) is 11.3. The minimum Gasteiger partial charge on any atom is -0.370 e. The maximum atomic E-state index is 6.15. The molecule has 0 spiro atoms. The van der Waals surface area contributed by atoms with Crippen LogP contribution in [0.1, 0.15) is 51.9 Å². The zero-order valence-electron chi connectivity index (χ0n) is 11.4. The Bertz CT molecular complexity index is 383. The summed E-state index contributed by atoms with van der Waals surface area (Å²) in [5.74, 6) is 1.65. The lowest BCUT2D eigenvalue weighted by Crippen LogP contribution is -2.18. The van der Waals surface area contributed by atoms with Crippen LogP contribution in [0.5, 0.6) is 0 Å². The summed E-state index contributed by atoms with van der Waals surface area (Å²) < 4.78 is 0. The summed E-state index contributed by atoms with van der Waals surface area (Å²) in [5.41, 5.74) is 0.842. The van der Waals surface area contributed by atoms with Crippen LogP contribution in [-0.2, 0) is 5.41 Å². The molecule has 0 saturated heterocycles. The lowest BCUT2D eigenvalue weighted by molar-refractivity contribution is 0.545. The van der Waals surface area contributed by atoms with Crippen LogP contribution in [0, 0.1) is 6.92 Å². The van der Waals surface area contributed by atoms with Crippen molar-refractivity contribution in [2.75, 3.05) is 11.9 Å². The highest BCUT2D eigenvalue weighted by atomic mass is 35.5. The van der Waals surface area contributed by atoms with Crippen molar-refractivity contribution in [2.24, 2.45) is 0 Å². The zero-order chi connectivity index (χ0) is 13.1. The fraction of sp³-hybridized carbons (Fsp3) is 0.692. The fourth-order valence-electron chi connectivity index (χ4n) is 1.38. The van der Waals surface area contributed by atoms with Gasteiger partial charge < -0.3 is 5.32 Å². The number of nitrogens with one attached hydrogen (secondary N) is 1. The summed E-state index contributed by atoms with van der Waals surface area (Å²) in [6, 6.07) is 0. The van der Waals surface area contributed by atoms with Crippen LogP contribution in [0.15, 0.2) is 0 Å². The largest absolute Gasteiger partial charge is 0.370 e. The minimum absolute atomic E-state index is 0.0848. The van der Waals surface area contributed by atoms with Gasteiger partial charge in [0.25, 0.3) is 0 Å². The lowest BCUT2D eigenvalue weighted by atomic mass is 9.95. The highest BCUT2D eigenvalue weighted by Crippen LogP contribution is 2.25. The van der Waals surface area contributed by atoms with Crippen LogP contribution in [0.2, 0.25) is 5.15 Å². The molecule has 1 rings (SSSR count). The Morgan fingerprint density at radius 3 is 2.41 bits per heavy atom. The Balaban J connectivity index is 2.99. The molecule has 0 saturated carbocycles. The Hall–Kier alpha value is -0.830. The molecule has 0 atom stereocenters. The van der Waals surface area contributed by atoms with Gasteiger partial charge in [-0.25, -0.2) is 9.97 Å². The van der Waals surface area contributed by atoms with Crippen molar-refractivity contribution in [1.29, 1.82) is 0 Å². The maximum Gasteiger partial charge on any atom is 0.137 e. The fourth-order valence-corrected chi connectivity index (χ4v) is 1.55. The average Bonchev–Trinajstić information content (AvgIpc) is 2.22. The second-order valence-electron chi connectivity index (χ2n) is 5.34. The Morgan fingerprint density at radius 2 is 1.88 bits per heavy atom. The van der Waals surface area contributed by atoms with E-state index in [0.29, 0.717) is 5.15 Å². The first-order valence-electron chi connectivity index (χ1n) is 6.14. The first-order valence-corrected chi connectivity index (χ1v) is 6.52. The minimum atomic E-state index is -0.0848. The van der Waals surface area contributed by atoms with Crippen LogP contribution in [0.25, 0.3) is 0 Å². The van der Waals surface area contributed by atoms with Gasteiger partial charge in [-0.1, -0.05) is 45.7 Å². The average molecular weight is 256 g/mol. The number of rotatable bonds is 4. The number of anilines is 1. The van der Waals surface area contributed by atoms with Crippen LogP contribution in [-0.4, -0.2) is 16.5 Å². The Labute approximate surface area is 109 Å². The second kappa shape index (κ2) is 5.67. The van der Waals surface area contributed by atoms with E-state index in [4.69, 9.17) is 11.6 Å². The molecule has 17 heavy (non-hydrogen) atoms. The van der Waals surface area contributed by atoms with E-state index in [0.717, 1.165) is 36.6 Å². The summed E-state index contributed by atoms with van der Waals surface area (Å²) in [4.78, 5) is 8.92. The van der Waals surface area contributed by atoms with E-state index >= 15 is 0 Å². The predicted molar refractivity (Wildman–Crippen MR) is 73.9 cm³/mol. The van der Waals surface area contributed by atoms with Gasteiger partial charge in [0.1, 0.15) is 16.8 Å². The molecule has 0 aliphatic rings. The molecule has 0 aliphatic heterocycles. The molecule has 4 heteroatoms. The van der Waals surface area contributed by atoms with E-state index in [1.807, 2.05) is 6.92 Å². The van der Waals surface area contributed by atoms with Gasteiger partial charge in [-0.3, -0.25) is 0 Å². The van der Waals surface area contributed by atoms with Crippen molar-refractivity contribution in [3.05, 3.63) is 16.5 Å². The lowest BCUT2D eigenvalue weighted by Gasteiger charge is -2.19. The standard InChI is InChI=1S/C13H22ClN3/c1-6-7-8-15-11-9(2)10(14)16-12(17-11)13(3,4)5/h6-8H2,1-5H3,(H,15,16,17). The van der Waals surface area contributed by atoms with E-state index in [9.17, 15) is 0 Å². The van der Waals surface area contributed by atoms with Gasteiger partial charge in [0.15, 0.2) is 0 Å². The van der Waals surface area contributed by atoms with Gasteiger partial charge in [0.05, 0.1) is 0 Å². The molecule has 3 nitrogen and oxygen atoms in total. The van der Waals surface area contributed by atoms with Crippen molar-refractivity contribution in [2.45, 2.75) is 52.9 Å². The van der Waals surface area contributed by atoms with Gasteiger partial charge in [-0.05, 0) is 13.3 Å². The first-order chi connectivity index (χ1) is 7.86. The number of nitrogens with zero attached hydrogens (tertiary/aromatic N) is 2. The van der Waals surface area contributed by atoms with Crippen molar-refractivity contribution < 1.29 is 0 Å². The highest BCUT2D eigenvalue weighted by Gasteiger charge is 2.20. The van der Waals surface area contributed by atoms with E-state index in [2.05, 4.69) is 43.0 Å². The van der Waals surface area contributed by atoms with Gasteiger partial charge in [0.2, 0.25) is 0 Å². The van der Waals surface area contributed by atoms with Crippen LogP contribution < -0.4 is 5.32 Å². The van der Waals surface area contributed by atoms with Crippen molar-refractivity contribution in [1.82, 2.24) is 9.97 Å². The van der Waals surface area contributed by atoms with Crippen molar-refractivity contribution in [3.63, 3.8) is 0 Å². The quantitative estimate of drug-likeness (QED) is 0.654. The molecule has 0 unspecified atom stereocenters. The summed E-state index contributed by atoms with van der Waals surface area (Å²) in [6.07, 6.45) is 2.29. The van der Waals surface area contributed by atoms with Crippen molar-refractivity contribution >= 4 is 17.4 Å². The molecular formula is C13H22ClN3. The highest BCUT2D eigenvalue weighted by molar-refractivity contribution is 6.30. The first kappa shape index (κ1) is 14.2. The molecule has 1 N–H and O–H groups in total. The number of halogens is 1.